The molecule has 3 nitrogen and oxygen atoms in total. The number of hydrogen-bond donors (Lipinski definition) is 1. The van der Waals surface area contributed by atoms with Crippen LogP contribution in [-0.4, -0.2) is 25.3 Å². The van der Waals surface area contributed by atoms with E-state index in [1.165, 1.54) is 17.5 Å². The van der Waals surface area contributed by atoms with Gasteiger partial charge in [0.1, 0.15) is 23.7 Å². The van der Waals surface area contributed by atoms with Gasteiger partial charge in [0.05, 0.1) is 5.02 Å². The van der Waals surface area contributed by atoms with Crippen molar-refractivity contribution in [3.05, 3.63) is 21.7 Å². The van der Waals surface area contributed by atoms with Crippen molar-refractivity contribution in [3.63, 3.8) is 0 Å². The fraction of sp³-hybridized carbons (Fsp3) is 0.625. The van der Waals surface area contributed by atoms with Gasteiger partial charge in [0.2, 0.25) is 0 Å². The number of rotatable bonds is 1. The van der Waals surface area contributed by atoms with Gasteiger partial charge in [-0.25, -0.2) is 0 Å². The molecular formula is C16H20ClNO2. The molecule has 3 unspecified atom stereocenters. The van der Waals surface area contributed by atoms with Gasteiger partial charge < -0.3 is 14.8 Å². The number of ether oxygens (including phenoxy) is 2. The first kappa shape index (κ1) is 12.8. The van der Waals surface area contributed by atoms with Crippen LogP contribution in [0.5, 0.6) is 11.5 Å². The van der Waals surface area contributed by atoms with Gasteiger partial charge in [0.25, 0.3) is 0 Å². The third-order valence-electron chi connectivity index (χ3n) is 4.67. The van der Waals surface area contributed by atoms with Crippen LogP contribution in [0.25, 0.3) is 0 Å². The van der Waals surface area contributed by atoms with Crippen molar-refractivity contribution in [2.45, 2.75) is 51.2 Å². The van der Waals surface area contributed by atoms with Crippen molar-refractivity contribution in [1.29, 1.82) is 0 Å². The van der Waals surface area contributed by atoms with Gasteiger partial charge in [0.15, 0.2) is 0 Å². The minimum atomic E-state index is 0.218. The zero-order valence-corrected chi connectivity index (χ0v) is 12.7. The smallest absolute Gasteiger partial charge is 0.142 e. The molecular weight excluding hydrogens is 274 g/mol. The quantitative estimate of drug-likeness (QED) is 0.863. The summed E-state index contributed by atoms with van der Waals surface area (Å²) in [6.07, 6.45) is 3.45. The van der Waals surface area contributed by atoms with E-state index in [0.717, 1.165) is 48.0 Å². The highest BCUT2D eigenvalue weighted by Gasteiger charge is 2.38. The summed E-state index contributed by atoms with van der Waals surface area (Å²) >= 11 is 6.59. The Morgan fingerprint density at radius 3 is 2.45 bits per heavy atom. The van der Waals surface area contributed by atoms with Crippen LogP contribution in [0.15, 0.2) is 0 Å². The summed E-state index contributed by atoms with van der Waals surface area (Å²) in [7, 11) is 0. The first-order valence-corrected chi connectivity index (χ1v) is 7.94. The lowest BCUT2D eigenvalue weighted by Gasteiger charge is -2.19. The molecule has 3 atom stereocenters. The largest absolute Gasteiger partial charge is 0.490 e. The second-order valence-corrected chi connectivity index (χ2v) is 6.68. The second kappa shape index (κ2) is 4.54. The van der Waals surface area contributed by atoms with Crippen LogP contribution in [0.1, 0.15) is 42.9 Å². The van der Waals surface area contributed by atoms with E-state index in [1.54, 1.807) is 0 Å². The lowest BCUT2D eigenvalue weighted by molar-refractivity contribution is 0.251. The average molecular weight is 294 g/mol. The zero-order chi connectivity index (χ0) is 13.9. The Hall–Kier alpha value is -0.930. The fourth-order valence-corrected chi connectivity index (χ4v) is 4.15. The van der Waals surface area contributed by atoms with Crippen molar-refractivity contribution in [2.24, 2.45) is 0 Å². The van der Waals surface area contributed by atoms with Crippen molar-refractivity contribution in [2.75, 3.05) is 13.1 Å². The Morgan fingerprint density at radius 2 is 1.75 bits per heavy atom. The summed E-state index contributed by atoms with van der Waals surface area (Å²) in [5, 5.41) is 4.25. The molecule has 0 aromatic heterocycles. The van der Waals surface area contributed by atoms with Crippen molar-refractivity contribution in [1.82, 2.24) is 5.32 Å². The fourth-order valence-electron chi connectivity index (χ4n) is 3.83. The van der Waals surface area contributed by atoms with Crippen molar-refractivity contribution >= 4 is 11.6 Å². The van der Waals surface area contributed by atoms with Gasteiger partial charge in [-0.05, 0) is 26.8 Å². The van der Waals surface area contributed by atoms with Gasteiger partial charge >= 0.3 is 0 Å². The number of benzene rings is 1. The van der Waals surface area contributed by atoms with Gasteiger partial charge in [-0.3, -0.25) is 0 Å². The maximum absolute atomic E-state index is 6.59. The molecule has 0 saturated carbocycles. The van der Waals surface area contributed by atoms with E-state index >= 15 is 0 Å². The van der Waals surface area contributed by atoms with Crippen LogP contribution in [0, 0.1) is 0 Å². The van der Waals surface area contributed by atoms with Crippen LogP contribution >= 0.6 is 11.6 Å². The highest BCUT2D eigenvalue weighted by molar-refractivity contribution is 6.33. The summed E-state index contributed by atoms with van der Waals surface area (Å²) in [6, 6.07) is 0. The predicted octanol–water partition coefficient (Wildman–Crippen LogP) is 3.06. The molecule has 1 saturated heterocycles. The van der Waals surface area contributed by atoms with E-state index in [4.69, 9.17) is 21.1 Å². The molecule has 0 amide bonds. The molecule has 0 aliphatic carbocycles. The number of halogens is 1. The minimum Gasteiger partial charge on any atom is -0.490 e. The number of nitrogens with one attached hydrogen (secondary N) is 1. The normalized spacial score (nSPS) is 30.9. The molecule has 0 bridgehead atoms. The molecule has 1 aromatic rings. The summed E-state index contributed by atoms with van der Waals surface area (Å²) in [5.74, 6) is 2.53. The number of fused-ring (bicyclic) bond motifs is 2. The molecule has 1 N–H and O–H groups in total. The maximum atomic E-state index is 6.59. The van der Waals surface area contributed by atoms with Crippen molar-refractivity contribution < 1.29 is 9.47 Å². The number of hydrogen-bond acceptors (Lipinski definition) is 3. The molecule has 108 valence electrons. The molecule has 1 aromatic carbocycles. The van der Waals surface area contributed by atoms with E-state index in [-0.39, 0.29) is 12.2 Å². The van der Waals surface area contributed by atoms with Gasteiger partial charge in [-0.2, -0.15) is 0 Å². The summed E-state index contributed by atoms with van der Waals surface area (Å²) in [6.45, 7) is 6.35. The Labute approximate surface area is 124 Å². The molecule has 0 radical (unpaired) electrons. The van der Waals surface area contributed by atoms with E-state index in [9.17, 15) is 0 Å². The molecule has 3 heterocycles. The third-order valence-corrected chi connectivity index (χ3v) is 5.07. The molecule has 20 heavy (non-hydrogen) atoms. The second-order valence-electron chi connectivity index (χ2n) is 6.30. The predicted molar refractivity (Wildman–Crippen MR) is 79.3 cm³/mol. The average Bonchev–Trinajstić information content (AvgIpc) is 3.09. The van der Waals surface area contributed by atoms with E-state index < -0.39 is 0 Å². The summed E-state index contributed by atoms with van der Waals surface area (Å²) in [4.78, 5) is 0. The monoisotopic (exact) mass is 293 g/mol. The Kier molecular flexibility index (Phi) is 2.90. The molecule has 4 rings (SSSR count). The van der Waals surface area contributed by atoms with Crippen LogP contribution in [0.2, 0.25) is 5.02 Å². The highest BCUT2D eigenvalue weighted by atomic mass is 35.5. The van der Waals surface area contributed by atoms with E-state index in [1.807, 2.05) is 0 Å². The summed E-state index contributed by atoms with van der Waals surface area (Å²) in [5.41, 5.74) is 3.83. The molecule has 4 heteroatoms. The van der Waals surface area contributed by atoms with Gasteiger partial charge in [0, 0.05) is 42.0 Å². The van der Waals surface area contributed by atoms with Gasteiger partial charge in [-0.1, -0.05) is 11.6 Å². The SMILES string of the molecule is CC1Cc2c(c(Cl)c3c(c2C2CCNC2)OC(C)C3)O1. The van der Waals surface area contributed by atoms with E-state index in [0.29, 0.717) is 5.92 Å². The Bertz CT molecular complexity index is 527. The third kappa shape index (κ3) is 1.76. The topological polar surface area (TPSA) is 30.5 Å². The highest BCUT2D eigenvalue weighted by Crippen LogP contribution is 2.52. The first-order chi connectivity index (χ1) is 9.65. The Balaban J connectivity index is 1.92. The minimum absolute atomic E-state index is 0.218. The molecule has 3 aliphatic rings. The Morgan fingerprint density at radius 1 is 1.05 bits per heavy atom. The standard InChI is InChI=1S/C16H20ClNO2/c1-8-5-11-13(10-3-4-18-7-10)15-12(6-9(2)19-15)14(17)16(11)20-8/h8-10,18H,3-7H2,1-2H3. The van der Waals surface area contributed by atoms with Crippen molar-refractivity contribution in [3.8, 4) is 11.5 Å². The zero-order valence-electron chi connectivity index (χ0n) is 12.0. The van der Waals surface area contributed by atoms with Gasteiger partial charge in [-0.15, -0.1) is 0 Å². The van der Waals surface area contributed by atoms with Crippen LogP contribution in [0.4, 0.5) is 0 Å². The first-order valence-electron chi connectivity index (χ1n) is 7.56. The van der Waals surface area contributed by atoms with Crippen LogP contribution in [-0.2, 0) is 12.8 Å². The maximum Gasteiger partial charge on any atom is 0.142 e. The summed E-state index contributed by atoms with van der Waals surface area (Å²) < 4.78 is 12.1. The molecule has 3 aliphatic heterocycles. The molecule has 1 fully saturated rings. The lowest BCUT2D eigenvalue weighted by atomic mass is 9.88. The molecule has 0 spiro atoms. The van der Waals surface area contributed by atoms with Crippen LogP contribution in [0.3, 0.4) is 0 Å². The van der Waals surface area contributed by atoms with Crippen LogP contribution < -0.4 is 14.8 Å². The van der Waals surface area contributed by atoms with E-state index in [2.05, 4.69) is 19.2 Å². The lowest BCUT2D eigenvalue weighted by Crippen LogP contribution is -2.12.